The fourth-order valence-corrected chi connectivity index (χ4v) is 4.97. The van der Waals surface area contributed by atoms with Crippen molar-refractivity contribution in [2.45, 2.75) is 105 Å². The van der Waals surface area contributed by atoms with Crippen LogP contribution in [0.15, 0.2) is 65.3 Å². The lowest BCUT2D eigenvalue weighted by Gasteiger charge is -2.37. The van der Waals surface area contributed by atoms with Gasteiger partial charge >= 0.3 is 5.97 Å². The quantitative estimate of drug-likeness (QED) is 0.117. The number of carbonyl (C=O) groups is 1. The van der Waals surface area contributed by atoms with E-state index < -0.39 is 5.97 Å². The van der Waals surface area contributed by atoms with E-state index in [1.165, 1.54) is 22.8 Å². The fourth-order valence-electron chi connectivity index (χ4n) is 4.97. The topological polar surface area (TPSA) is 35.5 Å². The fraction of sp³-hybridized carbons (Fsp3) is 0.432. The molecule has 40 heavy (non-hydrogen) atoms. The molecule has 3 heteroatoms. The molecule has 0 fully saturated rings. The van der Waals surface area contributed by atoms with Gasteiger partial charge < -0.3 is 9.47 Å². The number of hydrogen-bond donors (Lipinski definition) is 0. The van der Waals surface area contributed by atoms with Crippen LogP contribution in [0, 0.1) is 26.0 Å². The molecule has 0 aromatic heterocycles. The lowest BCUT2D eigenvalue weighted by Crippen LogP contribution is -2.36. The number of rotatable bonds is 12. The molecule has 1 aliphatic heterocycles. The average molecular weight is 539 g/mol. The predicted molar refractivity (Wildman–Crippen MR) is 167 cm³/mol. The molecule has 212 valence electrons. The van der Waals surface area contributed by atoms with Crippen molar-refractivity contribution < 1.29 is 14.3 Å². The number of carbonyl (C=O) groups excluding carboxylic acids is 1. The molecule has 0 aliphatic carbocycles. The third kappa shape index (κ3) is 9.70. The minimum atomic E-state index is -0.395. The molecule has 1 atom stereocenters. The van der Waals surface area contributed by atoms with Crippen LogP contribution in [-0.4, -0.2) is 11.6 Å². The summed E-state index contributed by atoms with van der Waals surface area (Å²) in [4.78, 5) is 12.5. The first-order valence-electron chi connectivity index (χ1n) is 14.6. The highest BCUT2D eigenvalue weighted by Crippen LogP contribution is 2.42. The summed E-state index contributed by atoms with van der Waals surface area (Å²) in [5.41, 5.74) is 8.10. The summed E-state index contributed by atoms with van der Waals surface area (Å²) in [6.45, 7) is 15.1. The first kappa shape index (κ1) is 31.2. The van der Waals surface area contributed by atoms with Crippen LogP contribution in [0.4, 0.5) is 0 Å². The Labute approximate surface area is 242 Å². The summed E-state index contributed by atoms with van der Waals surface area (Å²) in [6.07, 6.45) is 18.6. The minimum absolute atomic E-state index is 0.201. The molecule has 0 amide bonds. The number of benzene rings is 2. The molecular weight excluding hydrogens is 492 g/mol. The monoisotopic (exact) mass is 538 g/mol. The Kier molecular flexibility index (Phi) is 11.6. The van der Waals surface area contributed by atoms with Crippen LogP contribution in [0.3, 0.4) is 0 Å². The summed E-state index contributed by atoms with van der Waals surface area (Å²) < 4.78 is 12.4. The maximum absolute atomic E-state index is 12.5. The highest BCUT2D eigenvalue weighted by Gasteiger charge is 2.33. The van der Waals surface area contributed by atoms with E-state index in [0.717, 1.165) is 79.4 Å². The zero-order valence-electron chi connectivity index (χ0n) is 25.6. The standard InChI is InChI=1S/C37H46O3/c1-27(2)14-11-15-28(3)16-12-17-29(4)18-13-24-37(7)25-23-33-26-34(30(5)31(6)36(33)40-37)39-35(38)22-21-32-19-9-8-10-20-32/h9,14,16,18-22,26H,11-13,15,17,23-25H2,1-7H3/b22-21+,28-16+,29-18+/t37-/m1/s1. The van der Waals surface area contributed by atoms with Gasteiger partial charge in [-0.3, -0.25) is 0 Å². The molecular formula is C37H46O3. The van der Waals surface area contributed by atoms with Crippen molar-refractivity contribution in [3.63, 3.8) is 0 Å². The molecule has 3 rings (SSSR count). The highest BCUT2D eigenvalue weighted by atomic mass is 16.5. The van der Waals surface area contributed by atoms with E-state index >= 15 is 0 Å². The van der Waals surface area contributed by atoms with Gasteiger partial charge in [-0.2, -0.15) is 0 Å². The minimum Gasteiger partial charge on any atom is -0.487 e. The second-order valence-electron chi connectivity index (χ2n) is 11.7. The summed E-state index contributed by atoms with van der Waals surface area (Å²) in [5.74, 6) is 1.16. The number of allylic oxidation sites excluding steroid dienone is 6. The van der Waals surface area contributed by atoms with E-state index in [1.807, 2.05) is 19.1 Å². The van der Waals surface area contributed by atoms with Gasteiger partial charge in [-0.15, -0.1) is 0 Å². The van der Waals surface area contributed by atoms with Crippen molar-refractivity contribution >= 4 is 12.0 Å². The third-order valence-electron chi connectivity index (χ3n) is 7.73. The SMILES string of the molecule is CC(C)=CCC/C(C)=C/CC/C(C)=C/CC[C@]1(C)CCc2cc(OC(=O)/C=C/c3c[c][c]cc3)c(C)c(C)c2O1. The van der Waals surface area contributed by atoms with E-state index in [1.54, 1.807) is 18.2 Å². The highest BCUT2D eigenvalue weighted by molar-refractivity contribution is 5.89. The number of esters is 1. The van der Waals surface area contributed by atoms with Gasteiger partial charge in [0.05, 0.1) is 0 Å². The summed E-state index contributed by atoms with van der Waals surface area (Å²) >= 11 is 0. The molecule has 1 aliphatic rings. The Hall–Kier alpha value is -3.33. The van der Waals surface area contributed by atoms with Gasteiger partial charge in [-0.05, 0) is 152 Å². The average Bonchev–Trinajstić information content (AvgIpc) is 2.91. The van der Waals surface area contributed by atoms with Crippen LogP contribution in [0.2, 0.25) is 0 Å². The van der Waals surface area contributed by atoms with Crippen LogP contribution >= 0.6 is 0 Å². The Morgan fingerprint density at radius 3 is 2.38 bits per heavy atom. The first-order valence-corrected chi connectivity index (χ1v) is 14.6. The van der Waals surface area contributed by atoms with Crippen molar-refractivity contribution in [3.05, 3.63) is 99.7 Å². The molecule has 0 unspecified atom stereocenters. The summed E-state index contributed by atoms with van der Waals surface area (Å²) in [7, 11) is 0. The van der Waals surface area contributed by atoms with Crippen molar-refractivity contribution in [1.29, 1.82) is 0 Å². The zero-order chi connectivity index (χ0) is 29.1. The smallest absolute Gasteiger partial charge is 0.336 e. The van der Waals surface area contributed by atoms with Gasteiger partial charge in [-0.25, -0.2) is 4.79 Å². The Morgan fingerprint density at radius 1 is 1.00 bits per heavy atom. The van der Waals surface area contributed by atoms with Crippen LogP contribution < -0.4 is 9.47 Å². The summed E-state index contributed by atoms with van der Waals surface area (Å²) in [5, 5.41) is 0. The van der Waals surface area contributed by atoms with Gasteiger partial charge in [-0.1, -0.05) is 47.1 Å². The van der Waals surface area contributed by atoms with Crippen LogP contribution in [-0.2, 0) is 11.2 Å². The van der Waals surface area contributed by atoms with E-state index in [0.29, 0.717) is 5.75 Å². The molecule has 2 aromatic carbocycles. The number of ether oxygens (including phenoxy) is 2. The third-order valence-corrected chi connectivity index (χ3v) is 7.73. The second-order valence-corrected chi connectivity index (χ2v) is 11.7. The predicted octanol–water partition coefficient (Wildman–Crippen LogP) is 9.81. The maximum atomic E-state index is 12.5. The van der Waals surface area contributed by atoms with Crippen LogP contribution in [0.25, 0.3) is 6.08 Å². The largest absolute Gasteiger partial charge is 0.487 e. The second kappa shape index (κ2) is 14.9. The van der Waals surface area contributed by atoms with Gasteiger partial charge in [0.2, 0.25) is 0 Å². The van der Waals surface area contributed by atoms with Crippen molar-refractivity contribution in [1.82, 2.24) is 0 Å². The first-order chi connectivity index (χ1) is 19.1. The summed E-state index contributed by atoms with van der Waals surface area (Å²) in [6, 6.07) is 13.1. The normalized spacial score (nSPS) is 17.4. The number of hydrogen-bond acceptors (Lipinski definition) is 3. The lowest BCUT2D eigenvalue weighted by molar-refractivity contribution is -0.128. The van der Waals surface area contributed by atoms with Crippen LogP contribution in [0.5, 0.6) is 11.5 Å². The van der Waals surface area contributed by atoms with Crippen molar-refractivity contribution in [2.75, 3.05) is 0 Å². The van der Waals surface area contributed by atoms with Gasteiger partial charge in [0, 0.05) is 6.08 Å². The molecule has 0 bridgehead atoms. The maximum Gasteiger partial charge on any atom is 0.336 e. The molecule has 2 aromatic rings. The van der Waals surface area contributed by atoms with Crippen LogP contribution in [0.1, 0.15) is 102 Å². The molecule has 3 nitrogen and oxygen atoms in total. The molecule has 0 spiro atoms. The Morgan fingerprint density at radius 2 is 1.70 bits per heavy atom. The molecule has 2 radical (unpaired) electrons. The number of aryl methyl sites for hydroxylation is 1. The molecule has 0 saturated heterocycles. The van der Waals surface area contributed by atoms with E-state index in [2.05, 4.69) is 71.9 Å². The van der Waals surface area contributed by atoms with Crippen molar-refractivity contribution in [2.24, 2.45) is 0 Å². The zero-order valence-corrected chi connectivity index (χ0v) is 25.6. The van der Waals surface area contributed by atoms with E-state index in [-0.39, 0.29) is 5.60 Å². The van der Waals surface area contributed by atoms with Gasteiger partial charge in [0.1, 0.15) is 17.1 Å². The molecule has 0 N–H and O–H groups in total. The van der Waals surface area contributed by atoms with Gasteiger partial charge in [0.15, 0.2) is 0 Å². The van der Waals surface area contributed by atoms with E-state index in [4.69, 9.17) is 9.47 Å². The number of fused-ring (bicyclic) bond motifs is 1. The molecule has 0 saturated carbocycles. The molecule has 1 heterocycles. The lowest BCUT2D eigenvalue weighted by atomic mass is 9.86. The van der Waals surface area contributed by atoms with Crippen molar-refractivity contribution in [3.8, 4) is 11.5 Å². The Bertz CT molecular complexity index is 1270. The Balaban J connectivity index is 1.54. The van der Waals surface area contributed by atoms with E-state index in [9.17, 15) is 4.79 Å². The van der Waals surface area contributed by atoms with Gasteiger partial charge in [0.25, 0.3) is 0 Å².